The summed E-state index contributed by atoms with van der Waals surface area (Å²) in [4.78, 5) is 0.815. The Labute approximate surface area is 129 Å². The molecule has 21 heavy (non-hydrogen) atoms. The van der Waals surface area contributed by atoms with Gasteiger partial charge in [-0.25, -0.2) is 0 Å². The van der Waals surface area contributed by atoms with E-state index in [1.807, 2.05) is 6.92 Å². The summed E-state index contributed by atoms with van der Waals surface area (Å²) in [6.07, 6.45) is -4.28. The van der Waals surface area contributed by atoms with Crippen LogP contribution in [0.2, 0.25) is 19.6 Å². The Morgan fingerprint density at radius 2 is 1.76 bits per heavy atom. The van der Waals surface area contributed by atoms with Crippen molar-refractivity contribution in [3.05, 3.63) is 42.2 Å². The average Bonchev–Trinajstić information content (AvgIpc) is 2.33. The Kier molecular flexibility index (Phi) is 5.98. The molecular formula is C15H21F3OSSi. The van der Waals surface area contributed by atoms with Gasteiger partial charge in [-0.3, -0.25) is 0 Å². The average molecular weight is 334 g/mol. The molecule has 1 rings (SSSR count). The lowest BCUT2D eigenvalue weighted by Crippen LogP contribution is -2.26. The highest BCUT2D eigenvalue weighted by molar-refractivity contribution is 7.99. The van der Waals surface area contributed by atoms with Crippen molar-refractivity contribution in [1.29, 1.82) is 0 Å². The van der Waals surface area contributed by atoms with Crippen LogP contribution >= 0.6 is 11.8 Å². The first kappa shape index (κ1) is 18.2. The van der Waals surface area contributed by atoms with Crippen molar-refractivity contribution in [1.82, 2.24) is 0 Å². The van der Waals surface area contributed by atoms with Crippen molar-refractivity contribution in [2.75, 3.05) is 5.75 Å². The summed E-state index contributed by atoms with van der Waals surface area (Å²) in [6.45, 7) is 12.2. The van der Waals surface area contributed by atoms with Gasteiger partial charge in [0.2, 0.25) is 8.32 Å². The van der Waals surface area contributed by atoms with Gasteiger partial charge in [0.15, 0.2) is 0 Å². The van der Waals surface area contributed by atoms with E-state index in [1.54, 1.807) is 0 Å². The number of allylic oxidation sites excluding steroid dienone is 1. The molecule has 0 aliphatic carbocycles. The molecule has 0 bridgehead atoms. The first-order valence-electron chi connectivity index (χ1n) is 6.67. The monoisotopic (exact) mass is 334 g/mol. The standard InChI is InChI=1S/C15H21F3OSSi/c1-11(12(2)19-21(3,4)5)10-20-14-8-6-13(7-9-14)15(16,17)18/h6-9,11H,2,10H2,1,3-5H3. The lowest BCUT2D eigenvalue weighted by atomic mass is 10.2. The van der Waals surface area contributed by atoms with Crippen molar-refractivity contribution < 1.29 is 17.6 Å². The number of rotatable bonds is 6. The predicted molar refractivity (Wildman–Crippen MR) is 84.9 cm³/mol. The first-order chi connectivity index (χ1) is 9.49. The zero-order chi connectivity index (χ0) is 16.3. The molecule has 0 radical (unpaired) electrons. The van der Waals surface area contributed by atoms with Gasteiger partial charge in [-0.15, -0.1) is 11.8 Å². The quantitative estimate of drug-likeness (QED) is 0.369. The van der Waals surface area contributed by atoms with E-state index in [2.05, 4.69) is 26.2 Å². The van der Waals surface area contributed by atoms with Crippen molar-refractivity contribution in [2.24, 2.45) is 5.92 Å². The molecular weight excluding hydrogens is 313 g/mol. The van der Waals surface area contributed by atoms with Crippen molar-refractivity contribution in [3.63, 3.8) is 0 Å². The van der Waals surface area contributed by atoms with Crippen molar-refractivity contribution in [3.8, 4) is 0 Å². The van der Waals surface area contributed by atoms with Crippen LogP contribution in [0.4, 0.5) is 13.2 Å². The summed E-state index contributed by atoms with van der Waals surface area (Å²) in [5.74, 6) is 1.65. The first-order valence-corrected chi connectivity index (χ1v) is 11.1. The van der Waals surface area contributed by atoms with Gasteiger partial charge >= 0.3 is 6.18 Å². The summed E-state index contributed by atoms with van der Waals surface area (Å²) in [5.41, 5.74) is -0.619. The van der Waals surface area contributed by atoms with E-state index in [0.717, 1.165) is 28.5 Å². The van der Waals surface area contributed by atoms with Gasteiger partial charge in [0.1, 0.15) is 0 Å². The smallest absolute Gasteiger partial charge is 0.416 e. The number of alkyl halides is 3. The Balaban J connectivity index is 2.54. The van der Waals surface area contributed by atoms with Gasteiger partial charge in [0.25, 0.3) is 0 Å². The fourth-order valence-corrected chi connectivity index (χ4v) is 3.49. The lowest BCUT2D eigenvalue weighted by molar-refractivity contribution is -0.137. The Bertz CT molecular complexity index is 477. The fraction of sp³-hybridized carbons (Fsp3) is 0.467. The van der Waals surface area contributed by atoms with Gasteiger partial charge in [0.05, 0.1) is 11.3 Å². The second kappa shape index (κ2) is 6.92. The Morgan fingerprint density at radius 1 is 1.24 bits per heavy atom. The van der Waals surface area contributed by atoms with Crippen LogP contribution in [0.25, 0.3) is 0 Å². The molecule has 1 unspecified atom stereocenters. The molecule has 1 aromatic carbocycles. The van der Waals surface area contributed by atoms with Gasteiger partial charge in [-0.1, -0.05) is 13.5 Å². The number of benzene rings is 1. The minimum absolute atomic E-state index is 0.156. The van der Waals surface area contributed by atoms with Crippen LogP contribution in [-0.2, 0) is 10.6 Å². The Morgan fingerprint density at radius 3 is 2.19 bits per heavy atom. The highest BCUT2D eigenvalue weighted by Gasteiger charge is 2.30. The largest absolute Gasteiger partial charge is 0.548 e. The van der Waals surface area contributed by atoms with Gasteiger partial charge < -0.3 is 4.43 Å². The van der Waals surface area contributed by atoms with E-state index in [0.29, 0.717) is 0 Å². The predicted octanol–water partition coefficient (Wildman–Crippen LogP) is 5.80. The zero-order valence-corrected chi connectivity index (χ0v) is 14.6. The number of halogens is 3. The highest BCUT2D eigenvalue weighted by atomic mass is 32.2. The maximum atomic E-state index is 12.5. The van der Waals surface area contributed by atoms with E-state index in [-0.39, 0.29) is 5.92 Å². The minimum Gasteiger partial charge on any atom is -0.548 e. The van der Waals surface area contributed by atoms with Crippen molar-refractivity contribution >= 4 is 20.1 Å². The fourth-order valence-electron chi connectivity index (χ4n) is 1.55. The normalized spacial score (nSPS) is 13.9. The van der Waals surface area contributed by atoms with E-state index < -0.39 is 20.1 Å². The second-order valence-electron chi connectivity index (χ2n) is 5.91. The molecule has 0 aliphatic rings. The molecule has 1 atom stereocenters. The summed E-state index contributed by atoms with van der Waals surface area (Å²) in [6, 6.07) is 5.23. The molecule has 0 spiro atoms. The summed E-state index contributed by atoms with van der Waals surface area (Å²) in [7, 11) is -1.65. The SMILES string of the molecule is C=C(O[Si](C)(C)C)C(C)CSc1ccc(C(F)(F)F)cc1. The highest BCUT2D eigenvalue weighted by Crippen LogP contribution is 2.31. The third kappa shape index (κ3) is 6.61. The number of hydrogen-bond donors (Lipinski definition) is 0. The molecule has 0 aromatic heterocycles. The third-order valence-electron chi connectivity index (χ3n) is 2.67. The summed E-state index contributed by atoms with van der Waals surface area (Å²) in [5, 5.41) is 0. The third-order valence-corrected chi connectivity index (χ3v) is 4.82. The number of thioether (sulfide) groups is 1. The molecule has 0 heterocycles. The van der Waals surface area contributed by atoms with Crippen LogP contribution in [0.15, 0.2) is 41.5 Å². The van der Waals surface area contributed by atoms with Gasteiger partial charge in [-0.05, 0) is 43.9 Å². The summed E-state index contributed by atoms with van der Waals surface area (Å²) >= 11 is 1.51. The molecule has 0 saturated carbocycles. The minimum atomic E-state index is -4.28. The molecule has 0 saturated heterocycles. The molecule has 0 amide bonds. The van der Waals surface area contributed by atoms with E-state index in [9.17, 15) is 13.2 Å². The van der Waals surface area contributed by atoms with Crippen LogP contribution in [0, 0.1) is 5.92 Å². The zero-order valence-electron chi connectivity index (χ0n) is 12.8. The van der Waals surface area contributed by atoms with E-state index in [1.165, 1.54) is 23.9 Å². The molecule has 0 aliphatic heterocycles. The molecule has 1 nitrogen and oxygen atoms in total. The summed E-state index contributed by atoms with van der Waals surface area (Å²) < 4.78 is 43.2. The van der Waals surface area contributed by atoms with Crippen LogP contribution in [-0.4, -0.2) is 14.1 Å². The lowest BCUT2D eigenvalue weighted by Gasteiger charge is -2.24. The van der Waals surface area contributed by atoms with Crippen LogP contribution in [0.1, 0.15) is 12.5 Å². The van der Waals surface area contributed by atoms with Crippen LogP contribution in [0.3, 0.4) is 0 Å². The topological polar surface area (TPSA) is 9.23 Å². The van der Waals surface area contributed by atoms with Gasteiger partial charge in [0, 0.05) is 16.6 Å². The molecule has 0 fully saturated rings. The maximum absolute atomic E-state index is 12.5. The van der Waals surface area contributed by atoms with Crippen LogP contribution < -0.4 is 0 Å². The van der Waals surface area contributed by atoms with E-state index in [4.69, 9.17) is 4.43 Å². The van der Waals surface area contributed by atoms with E-state index >= 15 is 0 Å². The molecule has 118 valence electrons. The van der Waals surface area contributed by atoms with Crippen molar-refractivity contribution in [2.45, 2.75) is 37.6 Å². The Hall–Kier alpha value is -0.883. The van der Waals surface area contributed by atoms with Gasteiger partial charge in [-0.2, -0.15) is 13.2 Å². The molecule has 0 N–H and O–H groups in total. The molecule has 1 aromatic rings. The maximum Gasteiger partial charge on any atom is 0.416 e. The number of hydrogen-bond acceptors (Lipinski definition) is 2. The van der Waals surface area contributed by atoms with Crippen LogP contribution in [0.5, 0.6) is 0 Å². The molecule has 6 heteroatoms. The second-order valence-corrected chi connectivity index (χ2v) is 11.4.